The van der Waals surface area contributed by atoms with Gasteiger partial charge in [0.15, 0.2) is 0 Å². The fourth-order valence-electron chi connectivity index (χ4n) is 0.692. The highest BCUT2D eigenvalue weighted by molar-refractivity contribution is 7.87. The summed E-state index contributed by atoms with van der Waals surface area (Å²) < 4.78 is 27.1. The van der Waals surface area contributed by atoms with Crippen molar-refractivity contribution >= 4 is 16.2 Å². The molecule has 0 aromatic carbocycles. The van der Waals surface area contributed by atoms with Gasteiger partial charge in [0, 0.05) is 6.54 Å². The van der Waals surface area contributed by atoms with E-state index in [1.54, 1.807) is 0 Å². The van der Waals surface area contributed by atoms with Crippen molar-refractivity contribution in [2.45, 2.75) is 33.2 Å². The van der Waals surface area contributed by atoms with Crippen molar-refractivity contribution < 1.29 is 18.3 Å². The summed E-state index contributed by atoms with van der Waals surface area (Å²) in [5.41, 5.74) is -1.51. The molecule has 0 radical (unpaired) electrons. The topological polar surface area (TPSA) is 95.5 Å². The summed E-state index contributed by atoms with van der Waals surface area (Å²) in [4.78, 5) is 10.7. The van der Waals surface area contributed by atoms with E-state index in [1.807, 2.05) is 18.6 Å². The van der Waals surface area contributed by atoms with Crippen LogP contribution in [-0.4, -0.2) is 31.6 Å². The lowest BCUT2D eigenvalue weighted by Gasteiger charge is -2.21. The maximum atomic E-state index is 11.4. The number of carboxylic acids is 1. The number of carboxylic acid groups (broad SMARTS) is 1. The third-order valence-electron chi connectivity index (χ3n) is 1.61. The van der Waals surface area contributed by atoms with Crippen LogP contribution in [0.4, 0.5) is 0 Å². The van der Waals surface area contributed by atoms with Crippen LogP contribution in [0.3, 0.4) is 0 Å². The van der Waals surface area contributed by atoms with Crippen molar-refractivity contribution in [2.24, 2.45) is 5.92 Å². The summed E-state index contributed by atoms with van der Waals surface area (Å²) in [6.45, 7) is 6.54. The Morgan fingerprint density at radius 1 is 1.40 bits per heavy atom. The summed E-state index contributed by atoms with van der Waals surface area (Å²) in [5, 5.41) is 8.73. The molecule has 0 spiro atoms. The molecule has 0 heterocycles. The molecule has 0 atom stereocenters. The molecule has 15 heavy (non-hydrogen) atoms. The first-order valence-corrected chi connectivity index (χ1v) is 6.07. The van der Waals surface area contributed by atoms with Crippen LogP contribution >= 0.6 is 0 Å². The van der Waals surface area contributed by atoms with Gasteiger partial charge in [-0.15, -0.1) is 0 Å². The second-order valence-corrected chi connectivity index (χ2v) is 5.78. The highest BCUT2D eigenvalue weighted by Crippen LogP contribution is 2.03. The van der Waals surface area contributed by atoms with E-state index in [9.17, 15) is 13.2 Å². The van der Waals surface area contributed by atoms with E-state index in [0.717, 1.165) is 0 Å². The summed E-state index contributed by atoms with van der Waals surface area (Å²) >= 11 is 0. The average Bonchev–Trinajstić information content (AvgIpc) is 1.99. The molecule has 7 heteroatoms. The molecule has 0 saturated carbocycles. The van der Waals surface area contributed by atoms with Crippen molar-refractivity contribution in [1.82, 2.24) is 9.44 Å². The highest BCUT2D eigenvalue weighted by atomic mass is 32.2. The molecular weight excluding hydrogens is 220 g/mol. The molecule has 0 amide bonds. The first-order chi connectivity index (χ1) is 6.57. The number of hydrogen-bond acceptors (Lipinski definition) is 3. The van der Waals surface area contributed by atoms with Gasteiger partial charge in [0.05, 0.1) is 0 Å². The van der Waals surface area contributed by atoms with E-state index >= 15 is 0 Å². The van der Waals surface area contributed by atoms with E-state index < -0.39 is 21.7 Å². The molecule has 0 unspecified atom stereocenters. The van der Waals surface area contributed by atoms with Crippen molar-refractivity contribution in [2.75, 3.05) is 6.54 Å². The minimum absolute atomic E-state index is 0.162. The number of carbonyl (C=O) groups is 1. The average molecular weight is 238 g/mol. The van der Waals surface area contributed by atoms with Crippen LogP contribution in [-0.2, 0) is 15.0 Å². The zero-order valence-corrected chi connectivity index (χ0v) is 10.2. The zero-order valence-electron chi connectivity index (χ0n) is 9.36. The zero-order chi connectivity index (χ0) is 12.3. The molecule has 0 rings (SSSR count). The maximum Gasteiger partial charge on any atom is 0.324 e. The summed E-state index contributed by atoms with van der Waals surface area (Å²) in [5.74, 6) is -1.06. The second kappa shape index (κ2) is 4.91. The van der Waals surface area contributed by atoms with Gasteiger partial charge in [0.2, 0.25) is 0 Å². The maximum absolute atomic E-state index is 11.4. The van der Waals surface area contributed by atoms with Crippen LogP contribution in [0.5, 0.6) is 0 Å². The summed E-state index contributed by atoms with van der Waals surface area (Å²) in [6, 6.07) is 0. The predicted molar refractivity (Wildman–Crippen MR) is 56.6 cm³/mol. The molecule has 0 aromatic heterocycles. The third-order valence-corrected chi connectivity index (χ3v) is 2.93. The lowest BCUT2D eigenvalue weighted by molar-refractivity contribution is -0.142. The Morgan fingerprint density at radius 3 is 2.20 bits per heavy atom. The van der Waals surface area contributed by atoms with Gasteiger partial charge < -0.3 is 5.11 Å². The van der Waals surface area contributed by atoms with Crippen LogP contribution in [0.2, 0.25) is 0 Å². The third kappa shape index (κ3) is 5.71. The fraction of sp³-hybridized carbons (Fsp3) is 0.875. The molecule has 0 aliphatic heterocycles. The summed E-state index contributed by atoms with van der Waals surface area (Å²) in [6.07, 6.45) is 0. The van der Waals surface area contributed by atoms with Gasteiger partial charge in [0.25, 0.3) is 10.2 Å². The van der Waals surface area contributed by atoms with Crippen LogP contribution in [0.15, 0.2) is 0 Å². The quantitative estimate of drug-likeness (QED) is 0.603. The van der Waals surface area contributed by atoms with E-state index in [2.05, 4.69) is 4.72 Å². The van der Waals surface area contributed by atoms with Gasteiger partial charge in [-0.3, -0.25) is 4.79 Å². The summed E-state index contributed by atoms with van der Waals surface area (Å²) in [7, 11) is -3.76. The molecule has 0 aliphatic carbocycles. The number of rotatable bonds is 6. The van der Waals surface area contributed by atoms with E-state index in [-0.39, 0.29) is 12.5 Å². The molecule has 0 fully saturated rings. The number of aliphatic carboxylic acids is 1. The second-order valence-electron chi connectivity index (χ2n) is 4.28. The van der Waals surface area contributed by atoms with Gasteiger partial charge in [-0.2, -0.15) is 13.1 Å². The smallest absolute Gasteiger partial charge is 0.324 e. The van der Waals surface area contributed by atoms with Crippen molar-refractivity contribution in [3.8, 4) is 0 Å². The Morgan fingerprint density at radius 2 is 1.87 bits per heavy atom. The van der Waals surface area contributed by atoms with Gasteiger partial charge >= 0.3 is 5.97 Å². The monoisotopic (exact) mass is 238 g/mol. The van der Waals surface area contributed by atoms with Gasteiger partial charge in [-0.25, -0.2) is 4.72 Å². The largest absolute Gasteiger partial charge is 0.480 e. The van der Waals surface area contributed by atoms with E-state index in [1.165, 1.54) is 13.8 Å². The van der Waals surface area contributed by atoms with Gasteiger partial charge in [-0.05, 0) is 19.8 Å². The first kappa shape index (κ1) is 14.3. The SMILES string of the molecule is CC(C)CNS(=O)(=O)NC(C)(C)C(=O)O. The normalized spacial score (nSPS) is 13.1. The number of nitrogens with one attached hydrogen (secondary N) is 2. The Balaban J connectivity index is 4.45. The van der Waals surface area contributed by atoms with E-state index in [4.69, 9.17) is 5.11 Å². The first-order valence-electron chi connectivity index (χ1n) is 4.59. The van der Waals surface area contributed by atoms with Crippen LogP contribution in [0, 0.1) is 5.92 Å². The van der Waals surface area contributed by atoms with Crippen LogP contribution in [0.1, 0.15) is 27.7 Å². The van der Waals surface area contributed by atoms with Gasteiger partial charge in [-0.1, -0.05) is 13.8 Å². The molecule has 6 nitrogen and oxygen atoms in total. The molecule has 0 saturated heterocycles. The number of hydrogen-bond donors (Lipinski definition) is 3. The van der Waals surface area contributed by atoms with Crippen molar-refractivity contribution in [3.63, 3.8) is 0 Å². The molecule has 0 aromatic rings. The van der Waals surface area contributed by atoms with Crippen molar-refractivity contribution in [3.05, 3.63) is 0 Å². The van der Waals surface area contributed by atoms with E-state index in [0.29, 0.717) is 0 Å². The highest BCUT2D eigenvalue weighted by Gasteiger charge is 2.31. The molecule has 0 bridgehead atoms. The fourth-order valence-corrected chi connectivity index (χ4v) is 2.08. The minimum atomic E-state index is -3.76. The standard InChI is InChI=1S/C8H18N2O4S/c1-6(2)5-9-15(13,14)10-8(3,4)7(11)12/h6,9-10H,5H2,1-4H3,(H,11,12). The van der Waals surface area contributed by atoms with Gasteiger partial charge in [0.1, 0.15) is 5.54 Å². The van der Waals surface area contributed by atoms with Crippen LogP contribution < -0.4 is 9.44 Å². The van der Waals surface area contributed by atoms with Crippen LogP contribution in [0.25, 0.3) is 0 Å². The lowest BCUT2D eigenvalue weighted by Crippen LogP contribution is -2.53. The molecule has 0 aliphatic rings. The molecule has 3 N–H and O–H groups in total. The molecule has 90 valence electrons. The Labute approximate surface area is 90.2 Å². The Hall–Kier alpha value is -0.660. The van der Waals surface area contributed by atoms with Crippen molar-refractivity contribution in [1.29, 1.82) is 0 Å². The Kier molecular flexibility index (Phi) is 4.69. The lowest BCUT2D eigenvalue weighted by atomic mass is 10.1. The minimum Gasteiger partial charge on any atom is -0.480 e. The Bertz CT molecular complexity index is 322. The molecular formula is C8H18N2O4S. The predicted octanol–water partition coefficient (Wildman–Crippen LogP) is -0.0704.